The first-order chi connectivity index (χ1) is 16.1. The lowest BCUT2D eigenvalue weighted by molar-refractivity contribution is -0.137. The van der Waals surface area contributed by atoms with Crippen molar-refractivity contribution in [2.75, 3.05) is 24.5 Å². The molecule has 1 N–H and O–H groups in total. The van der Waals surface area contributed by atoms with Crippen molar-refractivity contribution >= 4 is 17.6 Å². The Balaban J connectivity index is 1.23. The molecule has 176 valence electrons. The maximum Gasteiger partial charge on any atom is 0.303 e. The third-order valence-corrected chi connectivity index (χ3v) is 7.24. The number of unbranched alkanes of at least 4 members (excludes halogenated alkanes) is 2. The van der Waals surface area contributed by atoms with Gasteiger partial charge in [-0.05, 0) is 67.7 Å². The van der Waals surface area contributed by atoms with Gasteiger partial charge in [-0.3, -0.25) is 9.59 Å². The minimum absolute atomic E-state index is 0.275. The van der Waals surface area contributed by atoms with Crippen LogP contribution in [-0.4, -0.2) is 47.6 Å². The number of nitrogens with zero attached hydrogens (tertiary/aromatic N) is 2. The number of benzene rings is 2. The molecule has 2 saturated heterocycles. The summed E-state index contributed by atoms with van der Waals surface area (Å²) in [4.78, 5) is 27.9. The Morgan fingerprint density at radius 2 is 1.64 bits per heavy atom. The molecule has 2 heterocycles. The highest BCUT2D eigenvalue weighted by Gasteiger charge is 2.39. The Kier molecular flexibility index (Phi) is 8.16. The number of rotatable bonds is 10. The molecule has 0 aromatic heterocycles. The van der Waals surface area contributed by atoms with Gasteiger partial charge in [0.2, 0.25) is 5.91 Å². The second kappa shape index (κ2) is 11.5. The number of aryl methyl sites for hydroxylation is 1. The predicted molar refractivity (Wildman–Crippen MR) is 131 cm³/mol. The van der Waals surface area contributed by atoms with Crippen LogP contribution in [0.5, 0.6) is 0 Å². The summed E-state index contributed by atoms with van der Waals surface area (Å²) in [5, 5.41) is 8.71. The van der Waals surface area contributed by atoms with Gasteiger partial charge >= 0.3 is 5.97 Å². The molecule has 33 heavy (non-hydrogen) atoms. The molecule has 2 unspecified atom stereocenters. The number of anilines is 1. The molecular weight excluding hydrogens is 412 g/mol. The van der Waals surface area contributed by atoms with Crippen LogP contribution in [-0.2, 0) is 22.4 Å². The summed E-state index contributed by atoms with van der Waals surface area (Å²) in [6, 6.07) is 19.4. The third kappa shape index (κ3) is 6.44. The van der Waals surface area contributed by atoms with Crippen LogP contribution in [0.3, 0.4) is 0 Å². The van der Waals surface area contributed by atoms with E-state index in [4.69, 9.17) is 5.11 Å². The molecule has 0 spiro atoms. The molecule has 2 fully saturated rings. The minimum Gasteiger partial charge on any atom is -0.481 e. The van der Waals surface area contributed by atoms with E-state index in [-0.39, 0.29) is 12.3 Å². The summed E-state index contributed by atoms with van der Waals surface area (Å²) in [6.07, 6.45) is 7.84. The number of carboxylic acid groups (broad SMARTS) is 1. The van der Waals surface area contributed by atoms with E-state index in [1.54, 1.807) is 0 Å². The van der Waals surface area contributed by atoms with E-state index in [0.717, 1.165) is 70.3 Å². The molecule has 2 aromatic carbocycles. The lowest BCUT2D eigenvalue weighted by Crippen LogP contribution is -2.56. The highest BCUT2D eigenvalue weighted by Crippen LogP contribution is 2.34. The topological polar surface area (TPSA) is 60.9 Å². The van der Waals surface area contributed by atoms with Crippen LogP contribution < -0.4 is 4.90 Å². The van der Waals surface area contributed by atoms with Crippen molar-refractivity contribution in [1.82, 2.24) is 4.90 Å². The second-order valence-electron chi connectivity index (χ2n) is 9.58. The number of carboxylic acids is 1. The largest absolute Gasteiger partial charge is 0.481 e. The van der Waals surface area contributed by atoms with Crippen molar-refractivity contribution < 1.29 is 14.7 Å². The standard InChI is InChI=1S/C28H36N2O3/c31-27-16-15-24-21-29(20-18-26(24)30(27)25-8-4-2-5-9-25)19-17-23-13-11-22(12-14-23)7-3-1-6-10-28(32)33/h2,4-5,8-9,11-14,24,26H,1,3,6-7,10,15-21H2,(H,32,33). The highest BCUT2D eigenvalue weighted by atomic mass is 16.4. The summed E-state index contributed by atoms with van der Waals surface area (Å²) in [7, 11) is 0. The maximum absolute atomic E-state index is 12.7. The smallest absolute Gasteiger partial charge is 0.303 e. The average Bonchev–Trinajstić information content (AvgIpc) is 2.83. The summed E-state index contributed by atoms with van der Waals surface area (Å²) >= 11 is 0. The summed E-state index contributed by atoms with van der Waals surface area (Å²) in [5.74, 6) is 0.132. The van der Waals surface area contributed by atoms with Gasteiger partial charge in [0.05, 0.1) is 0 Å². The molecule has 1 amide bonds. The van der Waals surface area contributed by atoms with Crippen LogP contribution in [0.25, 0.3) is 0 Å². The van der Waals surface area contributed by atoms with Crippen LogP contribution in [0.1, 0.15) is 56.1 Å². The van der Waals surface area contributed by atoms with Gasteiger partial charge in [0.1, 0.15) is 0 Å². The van der Waals surface area contributed by atoms with Crippen molar-refractivity contribution in [1.29, 1.82) is 0 Å². The number of carbonyl (C=O) groups excluding carboxylic acids is 1. The Bertz CT molecular complexity index is 912. The molecule has 0 saturated carbocycles. The van der Waals surface area contributed by atoms with Crippen molar-refractivity contribution in [2.24, 2.45) is 5.92 Å². The average molecular weight is 449 g/mol. The Morgan fingerprint density at radius 3 is 2.36 bits per heavy atom. The van der Waals surface area contributed by atoms with Gasteiger partial charge in [0.25, 0.3) is 0 Å². The monoisotopic (exact) mass is 448 g/mol. The number of piperidine rings is 2. The molecular formula is C28H36N2O3. The first-order valence-corrected chi connectivity index (χ1v) is 12.5. The van der Waals surface area contributed by atoms with E-state index in [1.807, 2.05) is 18.2 Å². The van der Waals surface area contributed by atoms with Crippen molar-refractivity contribution in [3.63, 3.8) is 0 Å². The van der Waals surface area contributed by atoms with Gasteiger partial charge in [-0.25, -0.2) is 0 Å². The van der Waals surface area contributed by atoms with Crippen LogP contribution in [0, 0.1) is 5.92 Å². The fourth-order valence-electron chi connectivity index (χ4n) is 5.40. The van der Waals surface area contributed by atoms with E-state index in [0.29, 0.717) is 18.4 Å². The van der Waals surface area contributed by atoms with Gasteiger partial charge < -0.3 is 14.9 Å². The van der Waals surface area contributed by atoms with E-state index in [2.05, 4.69) is 46.2 Å². The van der Waals surface area contributed by atoms with Crippen molar-refractivity contribution in [2.45, 2.75) is 63.8 Å². The van der Waals surface area contributed by atoms with Gasteiger partial charge in [0.15, 0.2) is 0 Å². The lowest BCUT2D eigenvalue weighted by atomic mass is 9.83. The Morgan fingerprint density at radius 1 is 0.909 bits per heavy atom. The molecule has 2 atom stereocenters. The number of carbonyl (C=O) groups is 2. The Labute approximate surface area is 197 Å². The van der Waals surface area contributed by atoms with Crippen molar-refractivity contribution in [3.8, 4) is 0 Å². The molecule has 2 aromatic rings. The fraction of sp³-hybridized carbons (Fsp3) is 0.500. The first-order valence-electron chi connectivity index (χ1n) is 12.5. The highest BCUT2D eigenvalue weighted by molar-refractivity contribution is 5.94. The number of para-hydroxylation sites is 1. The van der Waals surface area contributed by atoms with Gasteiger partial charge in [0, 0.05) is 44.2 Å². The van der Waals surface area contributed by atoms with E-state index >= 15 is 0 Å². The zero-order valence-electron chi connectivity index (χ0n) is 19.5. The number of aliphatic carboxylic acids is 1. The van der Waals surface area contributed by atoms with Gasteiger partial charge in [-0.1, -0.05) is 48.9 Å². The number of likely N-dealkylation sites (tertiary alicyclic amines) is 1. The van der Waals surface area contributed by atoms with Gasteiger partial charge in [-0.2, -0.15) is 0 Å². The van der Waals surface area contributed by atoms with Crippen LogP contribution in [0.15, 0.2) is 54.6 Å². The SMILES string of the molecule is O=C(O)CCCCCc1ccc(CCN2CCC3C(CCC(=O)N3c3ccccc3)C2)cc1. The number of hydrogen-bond donors (Lipinski definition) is 1. The molecule has 4 rings (SSSR count). The predicted octanol–water partition coefficient (Wildman–Crippen LogP) is 4.93. The molecule has 0 aliphatic carbocycles. The molecule has 0 radical (unpaired) electrons. The third-order valence-electron chi connectivity index (χ3n) is 7.24. The molecule has 0 bridgehead atoms. The van der Waals surface area contributed by atoms with Crippen LogP contribution in [0.4, 0.5) is 5.69 Å². The molecule has 2 aliphatic rings. The Hall–Kier alpha value is -2.66. The maximum atomic E-state index is 12.7. The van der Waals surface area contributed by atoms with Crippen LogP contribution in [0.2, 0.25) is 0 Å². The molecule has 2 aliphatic heterocycles. The first kappa shape index (κ1) is 23.5. The second-order valence-corrected chi connectivity index (χ2v) is 9.58. The molecule has 5 nitrogen and oxygen atoms in total. The van der Waals surface area contributed by atoms with Gasteiger partial charge in [-0.15, -0.1) is 0 Å². The number of fused-ring (bicyclic) bond motifs is 1. The molecule has 5 heteroatoms. The fourth-order valence-corrected chi connectivity index (χ4v) is 5.40. The van der Waals surface area contributed by atoms with E-state index < -0.39 is 5.97 Å². The number of amides is 1. The van der Waals surface area contributed by atoms with Crippen molar-refractivity contribution in [3.05, 3.63) is 65.7 Å². The van der Waals surface area contributed by atoms with E-state index in [1.165, 1.54) is 11.1 Å². The van der Waals surface area contributed by atoms with E-state index in [9.17, 15) is 9.59 Å². The minimum atomic E-state index is -0.700. The summed E-state index contributed by atoms with van der Waals surface area (Å²) in [5.41, 5.74) is 3.76. The number of hydrogen-bond acceptors (Lipinski definition) is 3. The quantitative estimate of drug-likeness (QED) is 0.523. The summed E-state index contributed by atoms with van der Waals surface area (Å²) < 4.78 is 0. The lowest BCUT2D eigenvalue weighted by Gasteiger charge is -2.47. The normalized spacial score (nSPS) is 21.1. The zero-order chi connectivity index (χ0) is 23.0. The van der Waals surface area contributed by atoms with Crippen LogP contribution >= 0.6 is 0 Å². The zero-order valence-corrected chi connectivity index (χ0v) is 19.5. The summed E-state index contributed by atoms with van der Waals surface area (Å²) in [6.45, 7) is 3.19.